The number of halogens is 2. The number of rotatable bonds is 5. The Bertz CT molecular complexity index is 1260. The summed E-state index contributed by atoms with van der Waals surface area (Å²) in [6.07, 6.45) is 0.767. The molecule has 9 heteroatoms. The molecular weight excluding hydrogens is 495 g/mol. The lowest BCUT2D eigenvalue weighted by atomic mass is 9.93. The fourth-order valence-corrected chi connectivity index (χ4v) is 5.85. The van der Waals surface area contributed by atoms with Crippen LogP contribution in [0, 0.1) is 0 Å². The van der Waals surface area contributed by atoms with Crippen molar-refractivity contribution in [3.8, 4) is 11.5 Å². The molecule has 0 fully saturated rings. The van der Waals surface area contributed by atoms with E-state index in [1.165, 1.54) is 4.88 Å². The quantitative estimate of drug-likeness (QED) is 0.454. The molecule has 0 aliphatic carbocycles. The van der Waals surface area contributed by atoms with Crippen LogP contribution in [-0.4, -0.2) is 48.0 Å². The average Bonchev–Trinajstić information content (AvgIpc) is 3.50. The standard InChI is InChI=1S/C25H22Cl2N2O4S/c1-2-28(25(31)15-3-6-20-21(11-15)33-14-32-20)13-23(30)29-9-7-22-18(8-10-34-22)24(29)17-5-4-16(26)12-19(17)27/h3-6,8,10-12,24H,2,7,9,13-14H2,1H3. The van der Waals surface area contributed by atoms with Gasteiger partial charge in [-0.25, -0.2) is 0 Å². The summed E-state index contributed by atoms with van der Waals surface area (Å²) < 4.78 is 10.7. The molecule has 5 rings (SSSR count). The van der Waals surface area contributed by atoms with Crippen molar-refractivity contribution in [2.75, 3.05) is 26.4 Å². The van der Waals surface area contributed by atoms with Gasteiger partial charge in [0.05, 0.1) is 6.04 Å². The van der Waals surface area contributed by atoms with Gasteiger partial charge < -0.3 is 19.3 Å². The van der Waals surface area contributed by atoms with Crippen LogP contribution in [0.15, 0.2) is 47.8 Å². The van der Waals surface area contributed by atoms with Gasteiger partial charge in [0.2, 0.25) is 12.7 Å². The molecule has 0 saturated heterocycles. The van der Waals surface area contributed by atoms with Crippen molar-refractivity contribution < 1.29 is 19.1 Å². The summed E-state index contributed by atoms with van der Waals surface area (Å²) in [7, 11) is 0. The van der Waals surface area contributed by atoms with Gasteiger partial charge in [-0.15, -0.1) is 11.3 Å². The molecule has 0 saturated carbocycles. The Morgan fingerprint density at radius 2 is 1.91 bits per heavy atom. The van der Waals surface area contributed by atoms with E-state index >= 15 is 0 Å². The number of nitrogens with zero attached hydrogens (tertiary/aromatic N) is 2. The van der Waals surface area contributed by atoms with E-state index in [1.54, 1.807) is 46.6 Å². The monoisotopic (exact) mass is 516 g/mol. The van der Waals surface area contributed by atoms with Crippen LogP contribution in [0.25, 0.3) is 0 Å². The number of thiophene rings is 1. The number of hydrogen-bond acceptors (Lipinski definition) is 5. The molecule has 34 heavy (non-hydrogen) atoms. The van der Waals surface area contributed by atoms with Crippen molar-refractivity contribution in [2.45, 2.75) is 19.4 Å². The first-order valence-electron chi connectivity index (χ1n) is 11.0. The highest BCUT2D eigenvalue weighted by molar-refractivity contribution is 7.10. The zero-order chi connectivity index (χ0) is 23.8. The summed E-state index contributed by atoms with van der Waals surface area (Å²) in [5.74, 6) is 0.775. The molecule has 3 aromatic rings. The number of carbonyl (C=O) groups is 2. The lowest BCUT2D eigenvalue weighted by molar-refractivity contribution is -0.134. The van der Waals surface area contributed by atoms with E-state index in [-0.39, 0.29) is 31.2 Å². The number of fused-ring (bicyclic) bond motifs is 2. The van der Waals surface area contributed by atoms with Gasteiger partial charge in [0.1, 0.15) is 6.54 Å². The lowest BCUT2D eigenvalue weighted by Gasteiger charge is -2.38. The summed E-state index contributed by atoms with van der Waals surface area (Å²) >= 11 is 14.4. The van der Waals surface area contributed by atoms with Crippen LogP contribution >= 0.6 is 34.5 Å². The normalized spacial score (nSPS) is 16.3. The Morgan fingerprint density at radius 1 is 1.09 bits per heavy atom. The van der Waals surface area contributed by atoms with Gasteiger partial charge in [-0.1, -0.05) is 29.3 Å². The molecule has 1 aromatic heterocycles. The average molecular weight is 517 g/mol. The number of benzene rings is 2. The molecule has 1 unspecified atom stereocenters. The van der Waals surface area contributed by atoms with E-state index in [2.05, 4.69) is 0 Å². The third kappa shape index (κ3) is 4.24. The van der Waals surface area contributed by atoms with Gasteiger partial charge in [0.25, 0.3) is 5.91 Å². The van der Waals surface area contributed by atoms with Gasteiger partial charge in [-0.3, -0.25) is 9.59 Å². The third-order valence-electron chi connectivity index (χ3n) is 6.16. The lowest BCUT2D eigenvalue weighted by Crippen LogP contribution is -2.46. The first-order valence-corrected chi connectivity index (χ1v) is 12.6. The van der Waals surface area contributed by atoms with Gasteiger partial charge in [0, 0.05) is 33.6 Å². The summed E-state index contributed by atoms with van der Waals surface area (Å²) in [6.45, 7) is 2.90. The minimum atomic E-state index is -0.327. The predicted octanol–water partition coefficient (Wildman–Crippen LogP) is 5.42. The van der Waals surface area contributed by atoms with Crippen molar-refractivity contribution in [1.29, 1.82) is 0 Å². The third-order valence-corrected chi connectivity index (χ3v) is 7.72. The molecule has 1 atom stereocenters. The molecule has 2 aliphatic heterocycles. The number of hydrogen-bond donors (Lipinski definition) is 0. The van der Waals surface area contributed by atoms with Crippen molar-refractivity contribution in [2.24, 2.45) is 0 Å². The van der Waals surface area contributed by atoms with E-state index in [9.17, 15) is 9.59 Å². The molecule has 0 radical (unpaired) electrons. The molecule has 6 nitrogen and oxygen atoms in total. The fourth-order valence-electron chi connectivity index (χ4n) is 4.44. The highest BCUT2D eigenvalue weighted by Gasteiger charge is 2.35. The largest absolute Gasteiger partial charge is 0.454 e. The topological polar surface area (TPSA) is 59.1 Å². The Labute approximate surface area is 211 Å². The second kappa shape index (κ2) is 9.49. The van der Waals surface area contributed by atoms with Crippen LogP contribution in [0.4, 0.5) is 0 Å². The van der Waals surface area contributed by atoms with E-state index in [0.717, 1.165) is 17.5 Å². The first-order chi connectivity index (χ1) is 16.5. The zero-order valence-corrected chi connectivity index (χ0v) is 20.8. The first kappa shape index (κ1) is 23.0. The second-order valence-electron chi connectivity index (χ2n) is 8.09. The maximum Gasteiger partial charge on any atom is 0.254 e. The molecule has 3 heterocycles. The highest BCUT2D eigenvalue weighted by Crippen LogP contribution is 2.41. The SMILES string of the molecule is CCN(CC(=O)N1CCc2sccc2C1c1ccc(Cl)cc1Cl)C(=O)c1ccc2c(c1)OCO2. The van der Waals surface area contributed by atoms with E-state index < -0.39 is 0 Å². The van der Waals surface area contributed by atoms with Gasteiger partial charge in [0.15, 0.2) is 11.5 Å². The number of amides is 2. The van der Waals surface area contributed by atoms with E-state index in [0.29, 0.717) is 40.2 Å². The van der Waals surface area contributed by atoms with Crippen molar-refractivity contribution >= 4 is 46.4 Å². The predicted molar refractivity (Wildman–Crippen MR) is 132 cm³/mol. The number of likely N-dealkylation sites (N-methyl/N-ethyl adjacent to an activating group) is 1. The van der Waals surface area contributed by atoms with Crippen molar-refractivity contribution in [3.63, 3.8) is 0 Å². The van der Waals surface area contributed by atoms with Gasteiger partial charge in [-0.05, 0) is 66.2 Å². The smallest absolute Gasteiger partial charge is 0.254 e. The summed E-state index contributed by atoms with van der Waals surface area (Å²) in [5.41, 5.74) is 2.35. The van der Waals surface area contributed by atoms with Crippen LogP contribution in [0.3, 0.4) is 0 Å². The van der Waals surface area contributed by atoms with Crippen LogP contribution in [0.1, 0.15) is 39.3 Å². The Morgan fingerprint density at radius 3 is 2.71 bits per heavy atom. The van der Waals surface area contributed by atoms with Crippen molar-refractivity contribution in [1.82, 2.24) is 9.80 Å². The van der Waals surface area contributed by atoms with Gasteiger partial charge >= 0.3 is 0 Å². The van der Waals surface area contributed by atoms with Crippen LogP contribution < -0.4 is 9.47 Å². The molecule has 2 amide bonds. The molecule has 2 aliphatic rings. The van der Waals surface area contributed by atoms with Crippen molar-refractivity contribution in [3.05, 3.63) is 79.5 Å². The summed E-state index contributed by atoms with van der Waals surface area (Å²) in [5, 5.41) is 3.09. The second-order valence-corrected chi connectivity index (χ2v) is 9.94. The molecule has 0 N–H and O–H groups in total. The number of ether oxygens (including phenoxy) is 2. The molecule has 0 spiro atoms. The highest BCUT2D eigenvalue weighted by atomic mass is 35.5. The molecular formula is C25H22Cl2N2O4S. The Hall–Kier alpha value is -2.74. The molecule has 176 valence electrons. The van der Waals surface area contributed by atoms with E-state index in [4.69, 9.17) is 32.7 Å². The maximum absolute atomic E-state index is 13.6. The summed E-state index contributed by atoms with van der Waals surface area (Å²) in [4.78, 5) is 31.4. The van der Waals surface area contributed by atoms with Crippen LogP contribution in [-0.2, 0) is 11.2 Å². The minimum absolute atomic E-state index is 0.0368. The van der Waals surface area contributed by atoms with E-state index in [1.807, 2.05) is 29.3 Å². The zero-order valence-electron chi connectivity index (χ0n) is 18.4. The molecule has 0 bridgehead atoms. The number of carbonyl (C=O) groups excluding carboxylic acids is 2. The Kier molecular flexibility index (Phi) is 6.42. The van der Waals surface area contributed by atoms with Crippen LogP contribution in [0.5, 0.6) is 11.5 Å². The van der Waals surface area contributed by atoms with Gasteiger partial charge in [-0.2, -0.15) is 0 Å². The fraction of sp³-hybridized carbons (Fsp3) is 0.280. The summed E-state index contributed by atoms with van der Waals surface area (Å²) in [6, 6.07) is 12.1. The van der Waals surface area contributed by atoms with Crippen LogP contribution in [0.2, 0.25) is 10.0 Å². The Balaban J connectivity index is 1.41. The minimum Gasteiger partial charge on any atom is -0.454 e. The molecule has 2 aromatic carbocycles. The maximum atomic E-state index is 13.6.